The fourth-order valence-electron chi connectivity index (χ4n) is 1.70. The predicted molar refractivity (Wildman–Crippen MR) is 99.0 cm³/mol. The number of nitrogens with one attached hydrogen (secondary N) is 3. The Morgan fingerprint density at radius 3 is 2.26 bits per heavy atom. The van der Waals surface area contributed by atoms with Crippen LogP contribution in [0, 0.1) is 5.41 Å². The Kier molecular flexibility index (Phi) is 8.55. The van der Waals surface area contributed by atoms with Gasteiger partial charge in [0, 0.05) is 42.7 Å². The standard InChI is InChI=1S/C17H28N4OS/c1-17(2,3)15(22)19-10-11-20-16(18-4)21-12-13-23-14-8-6-5-7-9-14/h5-9H,10-13H2,1-4H3,(H,19,22)(H2,18,20,21). The zero-order valence-corrected chi connectivity index (χ0v) is 15.3. The van der Waals surface area contributed by atoms with Gasteiger partial charge in [-0.3, -0.25) is 9.79 Å². The zero-order chi connectivity index (χ0) is 17.1. The summed E-state index contributed by atoms with van der Waals surface area (Å²) >= 11 is 1.81. The number of nitrogens with zero attached hydrogens (tertiary/aromatic N) is 1. The molecule has 1 amide bonds. The Morgan fingerprint density at radius 2 is 1.65 bits per heavy atom. The van der Waals surface area contributed by atoms with E-state index in [-0.39, 0.29) is 11.3 Å². The number of thioether (sulfide) groups is 1. The molecule has 0 aliphatic carbocycles. The molecule has 0 radical (unpaired) electrons. The molecule has 128 valence electrons. The molecule has 5 nitrogen and oxygen atoms in total. The fraction of sp³-hybridized carbons (Fsp3) is 0.529. The summed E-state index contributed by atoms with van der Waals surface area (Å²) in [6.45, 7) is 7.76. The molecule has 0 aliphatic rings. The summed E-state index contributed by atoms with van der Waals surface area (Å²) in [7, 11) is 1.74. The van der Waals surface area contributed by atoms with Crippen LogP contribution in [-0.2, 0) is 4.79 Å². The van der Waals surface area contributed by atoms with E-state index in [1.807, 2.05) is 39.0 Å². The molecule has 0 aromatic heterocycles. The van der Waals surface area contributed by atoms with Crippen LogP contribution in [0.1, 0.15) is 20.8 Å². The lowest BCUT2D eigenvalue weighted by Gasteiger charge is -2.18. The molecule has 0 fully saturated rings. The van der Waals surface area contributed by atoms with Crippen LogP contribution < -0.4 is 16.0 Å². The van der Waals surface area contributed by atoms with Crippen LogP contribution in [0.15, 0.2) is 40.2 Å². The van der Waals surface area contributed by atoms with Crippen molar-refractivity contribution < 1.29 is 4.79 Å². The number of carbonyl (C=O) groups excluding carboxylic acids is 1. The summed E-state index contributed by atoms with van der Waals surface area (Å²) in [5, 5.41) is 9.36. The van der Waals surface area contributed by atoms with Crippen molar-refractivity contribution in [2.45, 2.75) is 25.7 Å². The molecule has 0 heterocycles. The molecule has 0 atom stereocenters. The Hall–Kier alpha value is -1.69. The summed E-state index contributed by atoms with van der Waals surface area (Å²) in [4.78, 5) is 17.2. The number of carbonyl (C=O) groups is 1. The Labute approximate surface area is 143 Å². The van der Waals surface area contributed by atoms with Gasteiger partial charge in [0.2, 0.25) is 5.91 Å². The zero-order valence-electron chi connectivity index (χ0n) is 14.5. The minimum absolute atomic E-state index is 0.0570. The van der Waals surface area contributed by atoms with Crippen molar-refractivity contribution in [3.63, 3.8) is 0 Å². The highest BCUT2D eigenvalue weighted by Gasteiger charge is 2.20. The maximum Gasteiger partial charge on any atom is 0.225 e. The molecule has 0 aliphatic heterocycles. The second-order valence-electron chi connectivity index (χ2n) is 6.09. The average molecular weight is 337 g/mol. The van der Waals surface area contributed by atoms with Gasteiger partial charge in [-0.15, -0.1) is 11.8 Å². The molecule has 1 aromatic carbocycles. The smallest absolute Gasteiger partial charge is 0.225 e. The van der Waals surface area contributed by atoms with Crippen LogP contribution in [-0.4, -0.2) is 44.3 Å². The molecule has 6 heteroatoms. The summed E-state index contributed by atoms with van der Waals surface area (Å²) in [6.07, 6.45) is 0. The van der Waals surface area contributed by atoms with Crippen molar-refractivity contribution in [1.29, 1.82) is 0 Å². The highest BCUT2D eigenvalue weighted by Crippen LogP contribution is 2.15. The fourth-order valence-corrected chi connectivity index (χ4v) is 2.49. The molecule has 0 unspecified atom stereocenters. The second kappa shape index (κ2) is 10.2. The van der Waals surface area contributed by atoms with Gasteiger partial charge in [-0.25, -0.2) is 0 Å². The molecule has 1 rings (SSSR count). The van der Waals surface area contributed by atoms with Crippen molar-refractivity contribution in [3.05, 3.63) is 30.3 Å². The number of aliphatic imine (C=N–C) groups is 1. The van der Waals surface area contributed by atoms with E-state index >= 15 is 0 Å². The topological polar surface area (TPSA) is 65.5 Å². The lowest BCUT2D eigenvalue weighted by Crippen LogP contribution is -2.43. The molecule has 0 spiro atoms. The maximum absolute atomic E-state index is 11.7. The van der Waals surface area contributed by atoms with Gasteiger partial charge in [-0.05, 0) is 12.1 Å². The van der Waals surface area contributed by atoms with E-state index in [1.54, 1.807) is 18.8 Å². The number of guanidine groups is 1. The van der Waals surface area contributed by atoms with Gasteiger partial charge in [0.1, 0.15) is 0 Å². The monoisotopic (exact) mass is 336 g/mol. The summed E-state index contributed by atoms with van der Waals surface area (Å²) in [5.41, 5.74) is -0.353. The van der Waals surface area contributed by atoms with Gasteiger partial charge in [-0.1, -0.05) is 39.0 Å². The normalized spacial score (nSPS) is 11.9. The first-order chi connectivity index (χ1) is 10.9. The summed E-state index contributed by atoms with van der Waals surface area (Å²) < 4.78 is 0. The Bertz CT molecular complexity index is 497. The van der Waals surface area contributed by atoms with Crippen LogP contribution >= 0.6 is 11.8 Å². The predicted octanol–water partition coefficient (Wildman–Crippen LogP) is 2.11. The molecule has 0 bridgehead atoms. The number of hydrogen-bond donors (Lipinski definition) is 3. The molecule has 0 saturated carbocycles. The Balaban J connectivity index is 2.14. The highest BCUT2D eigenvalue weighted by atomic mass is 32.2. The molecular weight excluding hydrogens is 308 g/mol. The lowest BCUT2D eigenvalue weighted by atomic mass is 9.96. The van der Waals surface area contributed by atoms with Crippen molar-refractivity contribution in [2.24, 2.45) is 10.4 Å². The second-order valence-corrected chi connectivity index (χ2v) is 7.26. The number of rotatable bonds is 7. The van der Waals surface area contributed by atoms with Crippen LogP contribution in [0.2, 0.25) is 0 Å². The number of hydrogen-bond acceptors (Lipinski definition) is 3. The van der Waals surface area contributed by atoms with Crippen molar-refractivity contribution in [3.8, 4) is 0 Å². The first-order valence-electron chi connectivity index (χ1n) is 7.84. The SMILES string of the molecule is CN=C(NCCNC(=O)C(C)(C)C)NCCSc1ccccc1. The van der Waals surface area contributed by atoms with Crippen LogP contribution in [0.3, 0.4) is 0 Å². The molecule has 0 saturated heterocycles. The van der Waals surface area contributed by atoms with E-state index in [0.717, 1.165) is 18.3 Å². The number of amides is 1. The van der Waals surface area contributed by atoms with E-state index in [0.29, 0.717) is 13.1 Å². The summed E-state index contributed by atoms with van der Waals surface area (Å²) in [5.74, 6) is 1.77. The molecule has 1 aromatic rings. The van der Waals surface area contributed by atoms with E-state index in [9.17, 15) is 4.79 Å². The third-order valence-electron chi connectivity index (χ3n) is 3.01. The first kappa shape index (κ1) is 19.4. The number of benzene rings is 1. The van der Waals surface area contributed by atoms with Gasteiger partial charge in [0.05, 0.1) is 0 Å². The summed E-state index contributed by atoms with van der Waals surface area (Å²) in [6, 6.07) is 10.3. The van der Waals surface area contributed by atoms with Crippen molar-refractivity contribution in [1.82, 2.24) is 16.0 Å². The average Bonchev–Trinajstić information content (AvgIpc) is 2.53. The van der Waals surface area contributed by atoms with Gasteiger partial charge in [0.25, 0.3) is 0 Å². The minimum atomic E-state index is -0.353. The maximum atomic E-state index is 11.7. The quantitative estimate of drug-likeness (QED) is 0.309. The molecule has 23 heavy (non-hydrogen) atoms. The third kappa shape index (κ3) is 8.50. The molecule has 3 N–H and O–H groups in total. The Morgan fingerprint density at radius 1 is 1.04 bits per heavy atom. The van der Waals surface area contributed by atoms with Crippen LogP contribution in [0.25, 0.3) is 0 Å². The largest absolute Gasteiger partial charge is 0.356 e. The van der Waals surface area contributed by atoms with Gasteiger partial charge in [-0.2, -0.15) is 0 Å². The lowest BCUT2D eigenvalue weighted by molar-refractivity contribution is -0.128. The van der Waals surface area contributed by atoms with Crippen molar-refractivity contribution in [2.75, 3.05) is 32.4 Å². The van der Waals surface area contributed by atoms with Gasteiger partial charge in [0.15, 0.2) is 5.96 Å². The van der Waals surface area contributed by atoms with E-state index in [4.69, 9.17) is 0 Å². The van der Waals surface area contributed by atoms with Crippen LogP contribution in [0.5, 0.6) is 0 Å². The van der Waals surface area contributed by atoms with Gasteiger partial charge >= 0.3 is 0 Å². The van der Waals surface area contributed by atoms with Crippen LogP contribution in [0.4, 0.5) is 0 Å². The first-order valence-corrected chi connectivity index (χ1v) is 8.82. The highest BCUT2D eigenvalue weighted by molar-refractivity contribution is 7.99. The van der Waals surface area contributed by atoms with Crippen molar-refractivity contribution >= 4 is 23.6 Å². The van der Waals surface area contributed by atoms with E-state index in [1.165, 1.54) is 4.90 Å². The third-order valence-corrected chi connectivity index (χ3v) is 4.03. The van der Waals surface area contributed by atoms with Gasteiger partial charge < -0.3 is 16.0 Å². The van der Waals surface area contributed by atoms with E-state index < -0.39 is 0 Å². The minimum Gasteiger partial charge on any atom is -0.356 e. The van der Waals surface area contributed by atoms with E-state index in [2.05, 4.69) is 33.1 Å². The molecular formula is C17H28N4OS.